The highest BCUT2D eigenvalue weighted by atomic mass is 32.1. The second kappa shape index (κ2) is 3.81. The first-order valence-corrected chi connectivity index (χ1v) is 5.59. The molecular formula is C12H11NS. The van der Waals surface area contributed by atoms with E-state index in [1.54, 1.807) is 11.3 Å². The fourth-order valence-corrected chi connectivity index (χ4v) is 2.51. The number of nitrogens with zero attached hydrogens (tertiary/aromatic N) is 1. The lowest BCUT2D eigenvalue weighted by molar-refractivity contribution is 1.15. The Balaban J connectivity index is 2.59. The number of hydrogen-bond donors (Lipinski definition) is 0. The molecule has 2 rings (SSSR count). The van der Waals surface area contributed by atoms with Gasteiger partial charge in [0.05, 0.1) is 12.5 Å². The van der Waals surface area contributed by atoms with Gasteiger partial charge in [0.25, 0.3) is 0 Å². The van der Waals surface area contributed by atoms with Gasteiger partial charge in [-0.1, -0.05) is 19.1 Å². The zero-order valence-electron chi connectivity index (χ0n) is 8.08. The van der Waals surface area contributed by atoms with Crippen LogP contribution in [0.1, 0.15) is 18.1 Å². The Labute approximate surface area is 87.6 Å². The van der Waals surface area contributed by atoms with Crippen LogP contribution >= 0.6 is 11.3 Å². The maximum absolute atomic E-state index is 8.68. The van der Waals surface area contributed by atoms with Gasteiger partial charge >= 0.3 is 0 Å². The van der Waals surface area contributed by atoms with Crippen molar-refractivity contribution >= 4 is 21.4 Å². The summed E-state index contributed by atoms with van der Waals surface area (Å²) in [4.78, 5) is 0. The molecule has 2 aromatic rings. The van der Waals surface area contributed by atoms with Crippen LogP contribution in [0.15, 0.2) is 23.6 Å². The summed E-state index contributed by atoms with van der Waals surface area (Å²) in [5.41, 5.74) is 2.51. The summed E-state index contributed by atoms with van der Waals surface area (Å²) in [5, 5.41) is 12.0. The van der Waals surface area contributed by atoms with E-state index in [0.29, 0.717) is 6.42 Å². The van der Waals surface area contributed by atoms with Gasteiger partial charge in [-0.15, -0.1) is 11.3 Å². The molecule has 0 aliphatic carbocycles. The number of nitriles is 1. The molecule has 0 fully saturated rings. The van der Waals surface area contributed by atoms with E-state index in [1.165, 1.54) is 21.2 Å². The topological polar surface area (TPSA) is 23.8 Å². The molecule has 2 heteroatoms. The lowest BCUT2D eigenvalue weighted by Gasteiger charge is -1.97. The van der Waals surface area contributed by atoms with Crippen LogP contribution in [0.4, 0.5) is 0 Å². The molecule has 70 valence electrons. The van der Waals surface area contributed by atoms with Crippen molar-refractivity contribution in [2.75, 3.05) is 0 Å². The SMILES string of the molecule is CCc1ccc2scc(CC#N)c2c1. The molecule has 1 aromatic heterocycles. The summed E-state index contributed by atoms with van der Waals surface area (Å²) in [6.07, 6.45) is 1.57. The minimum Gasteiger partial charge on any atom is -0.198 e. The van der Waals surface area contributed by atoms with Crippen molar-refractivity contribution in [2.24, 2.45) is 0 Å². The van der Waals surface area contributed by atoms with E-state index in [-0.39, 0.29) is 0 Å². The molecule has 0 aliphatic heterocycles. The predicted molar refractivity (Wildman–Crippen MR) is 60.5 cm³/mol. The lowest BCUT2D eigenvalue weighted by atomic mass is 10.1. The van der Waals surface area contributed by atoms with Gasteiger partial charge < -0.3 is 0 Å². The van der Waals surface area contributed by atoms with E-state index in [4.69, 9.17) is 5.26 Å². The summed E-state index contributed by atoms with van der Waals surface area (Å²) in [5.74, 6) is 0. The Morgan fingerprint density at radius 3 is 3.00 bits per heavy atom. The third-order valence-corrected chi connectivity index (χ3v) is 3.41. The van der Waals surface area contributed by atoms with Crippen LogP contribution < -0.4 is 0 Å². The largest absolute Gasteiger partial charge is 0.198 e. The van der Waals surface area contributed by atoms with Crippen molar-refractivity contribution in [1.29, 1.82) is 5.26 Å². The third-order valence-electron chi connectivity index (χ3n) is 2.40. The van der Waals surface area contributed by atoms with Gasteiger partial charge in [0.15, 0.2) is 0 Å². The summed E-state index contributed by atoms with van der Waals surface area (Å²) in [6, 6.07) is 8.73. The van der Waals surface area contributed by atoms with E-state index >= 15 is 0 Å². The van der Waals surface area contributed by atoms with E-state index in [1.807, 2.05) is 0 Å². The standard InChI is InChI=1S/C12H11NS/c1-2-9-3-4-12-11(7-9)10(5-6-13)8-14-12/h3-4,7-8H,2,5H2,1H3. The second-order valence-corrected chi connectivity index (χ2v) is 4.19. The lowest BCUT2D eigenvalue weighted by Crippen LogP contribution is -1.81. The number of benzene rings is 1. The molecule has 0 amide bonds. The van der Waals surface area contributed by atoms with Gasteiger partial charge in [0, 0.05) is 4.70 Å². The summed E-state index contributed by atoms with van der Waals surface area (Å²) in [6.45, 7) is 2.15. The minimum absolute atomic E-state index is 0.521. The number of rotatable bonds is 2. The average molecular weight is 201 g/mol. The molecule has 0 radical (unpaired) electrons. The first kappa shape index (κ1) is 9.23. The third kappa shape index (κ3) is 1.51. The molecule has 1 heterocycles. The average Bonchev–Trinajstić information content (AvgIpc) is 2.61. The Kier molecular flexibility index (Phi) is 2.51. The van der Waals surface area contributed by atoms with E-state index in [9.17, 15) is 0 Å². The van der Waals surface area contributed by atoms with Gasteiger partial charge in [0.1, 0.15) is 0 Å². The Hall–Kier alpha value is -1.33. The van der Waals surface area contributed by atoms with Crippen molar-refractivity contribution in [1.82, 2.24) is 0 Å². The number of aryl methyl sites for hydroxylation is 1. The molecule has 0 unspecified atom stereocenters. The molecule has 0 spiro atoms. The highest BCUT2D eigenvalue weighted by Gasteiger charge is 2.03. The second-order valence-electron chi connectivity index (χ2n) is 3.28. The molecule has 0 bridgehead atoms. The van der Waals surface area contributed by atoms with Crippen LogP contribution in [0.2, 0.25) is 0 Å². The Bertz CT molecular complexity index is 490. The fraction of sp³-hybridized carbons (Fsp3) is 0.250. The first-order chi connectivity index (χ1) is 6.85. The quantitative estimate of drug-likeness (QED) is 0.729. The zero-order valence-corrected chi connectivity index (χ0v) is 8.90. The summed E-state index contributed by atoms with van der Waals surface area (Å²) >= 11 is 1.72. The highest BCUT2D eigenvalue weighted by Crippen LogP contribution is 2.27. The number of hydrogen-bond acceptors (Lipinski definition) is 2. The van der Waals surface area contributed by atoms with Crippen molar-refractivity contribution < 1.29 is 0 Å². The Morgan fingerprint density at radius 2 is 2.29 bits per heavy atom. The summed E-state index contributed by atoms with van der Waals surface area (Å²) < 4.78 is 1.28. The normalized spacial score (nSPS) is 10.3. The first-order valence-electron chi connectivity index (χ1n) is 4.71. The predicted octanol–water partition coefficient (Wildman–Crippen LogP) is 3.53. The van der Waals surface area contributed by atoms with Crippen LogP contribution in [0.5, 0.6) is 0 Å². The summed E-state index contributed by atoms with van der Waals surface area (Å²) in [7, 11) is 0. The van der Waals surface area contributed by atoms with E-state index in [2.05, 4.69) is 36.6 Å². The van der Waals surface area contributed by atoms with E-state index in [0.717, 1.165) is 6.42 Å². The van der Waals surface area contributed by atoms with Crippen LogP contribution in [0, 0.1) is 11.3 Å². The molecule has 1 aromatic carbocycles. The van der Waals surface area contributed by atoms with Crippen molar-refractivity contribution in [2.45, 2.75) is 19.8 Å². The molecule has 14 heavy (non-hydrogen) atoms. The smallest absolute Gasteiger partial charge is 0.0670 e. The fourth-order valence-electron chi connectivity index (χ4n) is 1.57. The molecule has 0 N–H and O–H groups in total. The molecule has 0 saturated carbocycles. The Morgan fingerprint density at radius 1 is 1.43 bits per heavy atom. The zero-order chi connectivity index (χ0) is 9.97. The minimum atomic E-state index is 0.521. The van der Waals surface area contributed by atoms with Crippen LogP contribution in [-0.4, -0.2) is 0 Å². The monoisotopic (exact) mass is 201 g/mol. The molecule has 0 aliphatic rings. The molecule has 1 nitrogen and oxygen atoms in total. The number of thiophene rings is 1. The van der Waals surface area contributed by atoms with Gasteiger partial charge in [-0.05, 0) is 34.4 Å². The van der Waals surface area contributed by atoms with E-state index < -0.39 is 0 Å². The molecular weight excluding hydrogens is 190 g/mol. The maximum atomic E-state index is 8.68. The van der Waals surface area contributed by atoms with Crippen LogP contribution in [0.25, 0.3) is 10.1 Å². The van der Waals surface area contributed by atoms with Gasteiger partial charge in [0.2, 0.25) is 0 Å². The van der Waals surface area contributed by atoms with Crippen molar-refractivity contribution in [3.8, 4) is 6.07 Å². The molecule has 0 atom stereocenters. The van der Waals surface area contributed by atoms with Crippen molar-refractivity contribution in [3.05, 3.63) is 34.7 Å². The maximum Gasteiger partial charge on any atom is 0.0670 e. The van der Waals surface area contributed by atoms with Gasteiger partial charge in [-0.25, -0.2) is 0 Å². The van der Waals surface area contributed by atoms with Crippen molar-refractivity contribution in [3.63, 3.8) is 0 Å². The van der Waals surface area contributed by atoms with Crippen LogP contribution in [0.3, 0.4) is 0 Å². The van der Waals surface area contributed by atoms with Gasteiger partial charge in [-0.2, -0.15) is 5.26 Å². The molecule has 0 saturated heterocycles. The highest BCUT2D eigenvalue weighted by molar-refractivity contribution is 7.17. The number of fused-ring (bicyclic) bond motifs is 1. The van der Waals surface area contributed by atoms with Crippen LogP contribution in [-0.2, 0) is 12.8 Å². The van der Waals surface area contributed by atoms with Gasteiger partial charge in [-0.3, -0.25) is 0 Å².